The maximum atomic E-state index is 11.4. The van der Waals surface area contributed by atoms with Gasteiger partial charge in [0.15, 0.2) is 5.69 Å². The van der Waals surface area contributed by atoms with E-state index in [1.165, 1.54) is 11.8 Å². The fourth-order valence-electron chi connectivity index (χ4n) is 1.27. The zero-order valence-corrected chi connectivity index (χ0v) is 9.61. The van der Waals surface area contributed by atoms with E-state index in [9.17, 15) is 9.59 Å². The summed E-state index contributed by atoms with van der Waals surface area (Å²) in [4.78, 5) is 22.7. The number of hydrogen-bond donors (Lipinski definition) is 1. The van der Waals surface area contributed by atoms with Crippen molar-refractivity contribution >= 4 is 17.6 Å². The fraction of sp³-hybridized carbons (Fsp3) is 0.500. The molecule has 6 nitrogen and oxygen atoms in total. The highest BCUT2D eigenvalue weighted by atomic mass is 16.5. The summed E-state index contributed by atoms with van der Waals surface area (Å²) >= 11 is 0. The third-order valence-corrected chi connectivity index (χ3v) is 1.96. The third kappa shape index (κ3) is 2.82. The van der Waals surface area contributed by atoms with Crippen LogP contribution in [0.1, 0.15) is 30.3 Å². The first-order valence-electron chi connectivity index (χ1n) is 5.00. The van der Waals surface area contributed by atoms with Gasteiger partial charge in [-0.15, -0.1) is 0 Å². The van der Waals surface area contributed by atoms with Crippen LogP contribution in [0.3, 0.4) is 0 Å². The fourth-order valence-corrected chi connectivity index (χ4v) is 1.27. The first-order chi connectivity index (χ1) is 7.58. The molecule has 1 aromatic heterocycles. The van der Waals surface area contributed by atoms with Crippen molar-refractivity contribution in [2.24, 2.45) is 7.05 Å². The first kappa shape index (κ1) is 12.2. The average Bonchev–Trinajstić information content (AvgIpc) is 2.58. The molecule has 6 heteroatoms. The minimum Gasteiger partial charge on any atom is -0.464 e. The van der Waals surface area contributed by atoms with Crippen LogP contribution in [0.4, 0.5) is 5.69 Å². The van der Waals surface area contributed by atoms with Gasteiger partial charge in [-0.25, -0.2) is 4.79 Å². The number of ether oxygens (including phenoxy) is 1. The van der Waals surface area contributed by atoms with Crippen LogP contribution in [0.2, 0.25) is 0 Å². The van der Waals surface area contributed by atoms with Gasteiger partial charge in [-0.05, 0) is 6.42 Å². The zero-order valence-electron chi connectivity index (χ0n) is 9.61. The average molecular weight is 225 g/mol. The summed E-state index contributed by atoms with van der Waals surface area (Å²) in [6.45, 7) is 1.91. The molecule has 0 radical (unpaired) electrons. The highest BCUT2D eigenvalue weighted by Gasteiger charge is 2.17. The summed E-state index contributed by atoms with van der Waals surface area (Å²) in [6.07, 6.45) is 2.73. The number of aryl methyl sites for hydroxylation is 1. The number of nitrogens with zero attached hydrogens (tertiary/aromatic N) is 2. The molecular weight excluding hydrogens is 210 g/mol. The Morgan fingerprint density at radius 1 is 1.56 bits per heavy atom. The SMILES string of the molecule is CCCC(=O)Nc1cn(C)nc1C(=O)OC. The van der Waals surface area contributed by atoms with Crippen LogP contribution < -0.4 is 5.32 Å². The number of anilines is 1. The Balaban J connectivity index is 2.86. The number of rotatable bonds is 4. The molecular formula is C10H15N3O3. The van der Waals surface area contributed by atoms with Crippen LogP contribution in [0.25, 0.3) is 0 Å². The lowest BCUT2D eigenvalue weighted by molar-refractivity contribution is -0.116. The second-order valence-electron chi connectivity index (χ2n) is 3.35. The van der Waals surface area contributed by atoms with Gasteiger partial charge in [0.2, 0.25) is 5.91 Å². The summed E-state index contributed by atoms with van der Waals surface area (Å²) in [5, 5.41) is 6.55. The number of hydrogen-bond acceptors (Lipinski definition) is 4. The predicted molar refractivity (Wildman–Crippen MR) is 58.1 cm³/mol. The summed E-state index contributed by atoms with van der Waals surface area (Å²) < 4.78 is 6.02. The Morgan fingerprint density at radius 3 is 2.81 bits per heavy atom. The maximum Gasteiger partial charge on any atom is 0.360 e. The first-order valence-corrected chi connectivity index (χ1v) is 5.00. The number of amides is 1. The lowest BCUT2D eigenvalue weighted by Gasteiger charge is -2.02. The van der Waals surface area contributed by atoms with Gasteiger partial charge in [0, 0.05) is 19.7 Å². The van der Waals surface area contributed by atoms with Crippen LogP contribution in [0.15, 0.2) is 6.20 Å². The molecule has 0 saturated carbocycles. The highest BCUT2D eigenvalue weighted by molar-refractivity contribution is 5.99. The lowest BCUT2D eigenvalue weighted by Crippen LogP contribution is -2.13. The van der Waals surface area contributed by atoms with Crippen molar-refractivity contribution in [3.63, 3.8) is 0 Å². The summed E-state index contributed by atoms with van der Waals surface area (Å²) in [7, 11) is 2.94. The smallest absolute Gasteiger partial charge is 0.360 e. The molecule has 0 fully saturated rings. The second-order valence-corrected chi connectivity index (χ2v) is 3.35. The Labute approximate surface area is 93.6 Å². The van der Waals surface area contributed by atoms with Gasteiger partial charge >= 0.3 is 5.97 Å². The largest absolute Gasteiger partial charge is 0.464 e. The predicted octanol–water partition coefficient (Wildman–Crippen LogP) is 0.945. The van der Waals surface area contributed by atoms with Gasteiger partial charge in [0.25, 0.3) is 0 Å². The van der Waals surface area contributed by atoms with Crippen LogP contribution in [0.5, 0.6) is 0 Å². The van der Waals surface area contributed by atoms with Crippen LogP contribution >= 0.6 is 0 Å². The lowest BCUT2D eigenvalue weighted by atomic mass is 10.3. The molecule has 1 heterocycles. The van der Waals surface area contributed by atoms with E-state index in [1.807, 2.05) is 6.92 Å². The van der Waals surface area contributed by atoms with E-state index in [0.717, 1.165) is 6.42 Å². The van der Waals surface area contributed by atoms with Gasteiger partial charge < -0.3 is 10.1 Å². The standard InChI is InChI=1S/C10H15N3O3/c1-4-5-8(14)11-7-6-13(2)12-9(7)10(15)16-3/h6H,4-5H2,1-3H3,(H,11,14). The van der Waals surface area contributed by atoms with Crippen LogP contribution in [-0.4, -0.2) is 28.8 Å². The number of aromatic nitrogens is 2. The molecule has 0 aromatic carbocycles. The quantitative estimate of drug-likeness (QED) is 0.774. The van der Waals surface area contributed by atoms with Crippen molar-refractivity contribution in [1.29, 1.82) is 0 Å². The topological polar surface area (TPSA) is 73.2 Å². The molecule has 0 aliphatic heterocycles. The van der Waals surface area contributed by atoms with Crippen molar-refractivity contribution in [2.45, 2.75) is 19.8 Å². The Morgan fingerprint density at radius 2 is 2.25 bits per heavy atom. The van der Waals surface area contributed by atoms with E-state index in [0.29, 0.717) is 12.1 Å². The molecule has 88 valence electrons. The Kier molecular flexibility index (Phi) is 4.04. The minimum atomic E-state index is -0.563. The van der Waals surface area contributed by atoms with E-state index in [-0.39, 0.29) is 11.6 Å². The molecule has 0 spiro atoms. The number of methoxy groups -OCH3 is 1. The van der Waals surface area contributed by atoms with Gasteiger partial charge in [0.1, 0.15) is 0 Å². The second kappa shape index (κ2) is 5.29. The number of carbonyl (C=O) groups excluding carboxylic acids is 2. The van der Waals surface area contributed by atoms with E-state index >= 15 is 0 Å². The molecule has 0 saturated heterocycles. The normalized spacial score (nSPS) is 9.94. The van der Waals surface area contributed by atoms with Crippen LogP contribution in [-0.2, 0) is 16.6 Å². The van der Waals surface area contributed by atoms with Gasteiger partial charge in [0.05, 0.1) is 12.8 Å². The van der Waals surface area contributed by atoms with Crippen molar-refractivity contribution in [3.05, 3.63) is 11.9 Å². The third-order valence-electron chi connectivity index (χ3n) is 1.96. The number of nitrogens with one attached hydrogen (secondary N) is 1. The minimum absolute atomic E-state index is 0.120. The summed E-state index contributed by atoms with van der Waals surface area (Å²) in [6, 6.07) is 0. The molecule has 16 heavy (non-hydrogen) atoms. The Bertz CT molecular complexity index is 398. The van der Waals surface area contributed by atoms with E-state index in [1.54, 1.807) is 13.2 Å². The molecule has 0 aliphatic carbocycles. The van der Waals surface area contributed by atoms with E-state index in [2.05, 4.69) is 15.2 Å². The highest BCUT2D eigenvalue weighted by Crippen LogP contribution is 2.14. The van der Waals surface area contributed by atoms with Crippen molar-refractivity contribution in [2.75, 3.05) is 12.4 Å². The zero-order chi connectivity index (χ0) is 12.1. The van der Waals surface area contributed by atoms with Crippen molar-refractivity contribution < 1.29 is 14.3 Å². The molecule has 0 unspecified atom stereocenters. The maximum absolute atomic E-state index is 11.4. The molecule has 1 aromatic rings. The Hall–Kier alpha value is -1.85. The molecule has 1 amide bonds. The molecule has 1 rings (SSSR count). The van der Waals surface area contributed by atoms with Gasteiger partial charge in [-0.1, -0.05) is 6.92 Å². The monoisotopic (exact) mass is 225 g/mol. The van der Waals surface area contributed by atoms with Crippen LogP contribution in [0, 0.1) is 0 Å². The summed E-state index contributed by atoms with van der Waals surface area (Å²) in [5.41, 5.74) is 0.502. The summed E-state index contributed by atoms with van der Waals surface area (Å²) in [5.74, 6) is -0.701. The molecule has 0 bridgehead atoms. The van der Waals surface area contributed by atoms with Gasteiger partial charge in [-0.3, -0.25) is 9.48 Å². The molecule has 1 N–H and O–H groups in total. The van der Waals surface area contributed by atoms with Crippen molar-refractivity contribution in [1.82, 2.24) is 9.78 Å². The van der Waals surface area contributed by atoms with Gasteiger partial charge in [-0.2, -0.15) is 5.10 Å². The molecule has 0 aliphatic rings. The van der Waals surface area contributed by atoms with E-state index in [4.69, 9.17) is 0 Å². The number of esters is 1. The number of carbonyl (C=O) groups is 2. The molecule has 0 atom stereocenters. The van der Waals surface area contributed by atoms with Crippen molar-refractivity contribution in [3.8, 4) is 0 Å². The van der Waals surface area contributed by atoms with E-state index < -0.39 is 5.97 Å².